The van der Waals surface area contributed by atoms with E-state index in [1.54, 1.807) is 24.4 Å². The number of hydrogen-bond acceptors (Lipinski definition) is 4. The summed E-state index contributed by atoms with van der Waals surface area (Å²) in [5, 5.41) is 7.68. The lowest BCUT2D eigenvalue weighted by Gasteiger charge is -2.32. The lowest BCUT2D eigenvalue weighted by molar-refractivity contribution is -0.133. The third-order valence-electron chi connectivity index (χ3n) is 3.13. The van der Waals surface area contributed by atoms with Gasteiger partial charge in [0, 0.05) is 25.2 Å². The molecule has 2 rings (SSSR count). The average molecular weight is 261 g/mol. The molecule has 102 valence electrons. The van der Waals surface area contributed by atoms with E-state index in [0.717, 1.165) is 25.8 Å². The topological polar surface area (TPSA) is 55.3 Å². The summed E-state index contributed by atoms with van der Waals surface area (Å²) in [6.45, 7) is 5.09. The Labute approximate surface area is 113 Å². The van der Waals surface area contributed by atoms with Crippen molar-refractivity contribution >= 4 is 5.91 Å². The number of ether oxygens (including phenoxy) is 1. The maximum Gasteiger partial charge on any atom is 0.233 e. The van der Waals surface area contributed by atoms with Crippen molar-refractivity contribution in [2.75, 3.05) is 13.1 Å². The molecule has 1 saturated heterocycles. The van der Waals surface area contributed by atoms with Gasteiger partial charge in [0.05, 0.1) is 6.54 Å². The number of carbonyl (C=O) groups is 1. The molecule has 0 saturated carbocycles. The Morgan fingerprint density at radius 2 is 2.53 bits per heavy atom. The van der Waals surface area contributed by atoms with E-state index in [2.05, 4.69) is 16.8 Å². The SMILES string of the molecule is C=CCCC(=O)N1CCCC(Oc2cccnn2)C1. The Balaban J connectivity index is 1.86. The molecule has 1 aromatic heterocycles. The minimum Gasteiger partial charge on any atom is -0.471 e. The average Bonchev–Trinajstić information content (AvgIpc) is 2.46. The smallest absolute Gasteiger partial charge is 0.233 e. The van der Waals surface area contributed by atoms with E-state index in [1.165, 1.54) is 0 Å². The second-order valence-electron chi connectivity index (χ2n) is 4.61. The largest absolute Gasteiger partial charge is 0.471 e. The molecule has 0 bridgehead atoms. The van der Waals surface area contributed by atoms with Crippen molar-refractivity contribution in [3.63, 3.8) is 0 Å². The first-order chi connectivity index (χ1) is 9.29. The van der Waals surface area contributed by atoms with Crippen LogP contribution in [0.5, 0.6) is 5.88 Å². The minimum atomic E-state index is 0.0122. The van der Waals surface area contributed by atoms with Gasteiger partial charge in [0.15, 0.2) is 0 Å². The van der Waals surface area contributed by atoms with Gasteiger partial charge < -0.3 is 9.64 Å². The van der Waals surface area contributed by atoms with Crippen molar-refractivity contribution in [3.05, 3.63) is 31.0 Å². The van der Waals surface area contributed by atoms with Crippen molar-refractivity contribution in [1.29, 1.82) is 0 Å². The highest BCUT2D eigenvalue weighted by molar-refractivity contribution is 5.76. The number of carbonyl (C=O) groups excluding carboxylic acids is 1. The summed E-state index contributed by atoms with van der Waals surface area (Å²) in [5.74, 6) is 0.695. The Kier molecular flexibility index (Phi) is 4.89. The predicted molar refractivity (Wildman–Crippen MR) is 71.7 cm³/mol. The van der Waals surface area contributed by atoms with E-state index in [1.807, 2.05) is 4.90 Å². The number of piperidine rings is 1. The van der Waals surface area contributed by atoms with Gasteiger partial charge in [-0.3, -0.25) is 4.79 Å². The molecule has 5 nitrogen and oxygen atoms in total. The molecule has 1 amide bonds. The van der Waals surface area contributed by atoms with Crippen molar-refractivity contribution < 1.29 is 9.53 Å². The molecule has 5 heteroatoms. The Morgan fingerprint density at radius 3 is 3.26 bits per heavy atom. The van der Waals surface area contributed by atoms with Gasteiger partial charge in [0.25, 0.3) is 0 Å². The van der Waals surface area contributed by atoms with Gasteiger partial charge in [-0.05, 0) is 25.3 Å². The predicted octanol–water partition coefficient (Wildman–Crippen LogP) is 1.81. The molecular formula is C14H19N3O2. The molecule has 2 heterocycles. The molecule has 0 aliphatic carbocycles. The number of allylic oxidation sites excluding steroid dienone is 1. The zero-order valence-electron chi connectivity index (χ0n) is 11.0. The van der Waals surface area contributed by atoms with Crippen LogP contribution in [0.15, 0.2) is 31.0 Å². The first-order valence-electron chi connectivity index (χ1n) is 6.62. The fourth-order valence-corrected chi connectivity index (χ4v) is 2.17. The maximum atomic E-state index is 11.9. The third kappa shape index (κ3) is 4.05. The van der Waals surface area contributed by atoms with Gasteiger partial charge in [-0.15, -0.1) is 11.7 Å². The highest BCUT2D eigenvalue weighted by atomic mass is 16.5. The molecule has 1 aliphatic heterocycles. The molecule has 1 unspecified atom stereocenters. The molecule has 0 N–H and O–H groups in total. The fourth-order valence-electron chi connectivity index (χ4n) is 2.17. The first kappa shape index (κ1) is 13.5. The van der Waals surface area contributed by atoms with Gasteiger partial charge in [-0.25, -0.2) is 0 Å². The van der Waals surface area contributed by atoms with Crippen LogP contribution in [0.3, 0.4) is 0 Å². The van der Waals surface area contributed by atoms with Crippen LogP contribution >= 0.6 is 0 Å². The summed E-state index contributed by atoms with van der Waals surface area (Å²) < 4.78 is 5.75. The molecular weight excluding hydrogens is 242 g/mol. The van der Waals surface area contributed by atoms with Crippen LogP contribution in [-0.2, 0) is 4.79 Å². The lowest BCUT2D eigenvalue weighted by atomic mass is 10.1. The Morgan fingerprint density at radius 1 is 1.63 bits per heavy atom. The van der Waals surface area contributed by atoms with Crippen LogP contribution in [-0.4, -0.2) is 40.2 Å². The monoisotopic (exact) mass is 261 g/mol. The summed E-state index contributed by atoms with van der Waals surface area (Å²) >= 11 is 0. The lowest BCUT2D eigenvalue weighted by Crippen LogP contribution is -2.44. The fraction of sp³-hybridized carbons (Fsp3) is 0.500. The normalized spacial score (nSPS) is 18.9. The van der Waals surface area contributed by atoms with Crippen molar-refractivity contribution in [3.8, 4) is 5.88 Å². The van der Waals surface area contributed by atoms with Crippen molar-refractivity contribution in [2.45, 2.75) is 31.8 Å². The summed E-state index contributed by atoms with van der Waals surface area (Å²) in [7, 11) is 0. The zero-order valence-corrected chi connectivity index (χ0v) is 11.0. The summed E-state index contributed by atoms with van der Waals surface area (Å²) in [6.07, 6.45) is 6.56. The van der Waals surface area contributed by atoms with Gasteiger partial charge in [0.1, 0.15) is 6.10 Å². The number of aromatic nitrogens is 2. The molecule has 0 aromatic carbocycles. The van der Waals surface area contributed by atoms with Gasteiger partial charge >= 0.3 is 0 Å². The number of hydrogen-bond donors (Lipinski definition) is 0. The second kappa shape index (κ2) is 6.87. The third-order valence-corrected chi connectivity index (χ3v) is 3.13. The Bertz CT molecular complexity index is 422. The van der Waals surface area contributed by atoms with E-state index < -0.39 is 0 Å². The number of amides is 1. The van der Waals surface area contributed by atoms with E-state index in [0.29, 0.717) is 18.8 Å². The highest BCUT2D eigenvalue weighted by Gasteiger charge is 2.24. The molecule has 1 fully saturated rings. The molecule has 0 radical (unpaired) electrons. The molecule has 0 spiro atoms. The molecule has 19 heavy (non-hydrogen) atoms. The first-order valence-corrected chi connectivity index (χ1v) is 6.62. The van der Waals surface area contributed by atoms with Crippen molar-refractivity contribution in [2.24, 2.45) is 0 Å². The van der Waals surface area contributed by atoms with Crippen LogP contribution in [0.4, 0.5) is 0 Å². The van der Waals surface area contributed by atoms with Gasteiger partial charge in [-0.1, -0.05) is 6.08 Å². The number of likely N-dealkylation sites (tertiary alicyclic amines) is 1. The summed E-state index contributed by atoms with van der Waals surface area (Å²) in [6, 6.07) is 3.57. The number of nitrogens with zero attached hydrogens (tertiary/aromatic N) is 3. The van der Waals surface area contributed by atoms with Crippen LogP contribution < -0.4 is 4.74 Å². The van der Waals surface area contributed by atoms with Crippen molar-refractivity contribution in [1.82, 2.24) is 15.1 Å². The van der Waals surface area contributed by atoms with Crippen LogP contribution in [0.25, 0.3) is 0 Å². The maximum absolute atomic E-state index is 11.9. The van der Waals surface area contributed by atoms with Crippen LogP contribution in [0.1, 0.15) is 25.7 Å². The Hall–Kier alpha value is -1.91. The van der Waals surface area contributed by atoms with Crippen LogP contribution in [0, 0.1) is 0 Å². The van der Waals surface area contributed by atoms with E-state index in [4.69, 9.17) is 4.74 Å². The minimum absolute atomic E-state index is 0.0122. The standard InChI is InChI=1S/C14H19N3O2/c1-2-3-8-14(18)17-10-5-6-12(11-17)19-13-7-4-9-15-16-13/h2,4,7,9,12H,1,3,5-6,8,10-11H2. The van der Waals surface area contributed by atoms with E-state index >= 15 is 0 Å². The second-order valence-corrected chi connectivity index (χ2v) is 4.61. The highest BCUT2D eigenvalue weighted by Crippen LogP contribution is 2.16. The van der Waals surface area contributed by atoms with E-state index in [9.17, 15) is 4.79 Å². The van der Waals surface area contributed by atoms with E-state index in [-0.39, 0.29) is 12.0 Å². The molecule has 1 aliphatic rings. The zero-order chi connectivity index (χ0) is 13.5. The number of rotatable bonds is 5. The summed E-state index contributed by atoms with van der Waals surface area (Å²) in [5.41, 5.74) is 0. The van der Waals surface area contributed by atoms with Crippen LogP contribution in [0.2, 0.25) is 0 Å². The summed E-state index contributed by atoms with van der Waals surface area (Å²) in [4.78, 5) is 13.8. The quantitative estimate of drug-likeness (QED) is 0.759. The molecule has 1 atom stereocenters. The molecule has 1 aromatic rings. The van der Waals surface area contributed by atoms with Gasteiger partial charge in [0.2, 0.25) is 11.8 Å². The van der Waals surface area contributed by atoms with Gasteiger partial charge in [-0.2, -0.15) is 5.10 Å².